The molecule has 0 bridgehead atoms. The highest BCUT2D eigenvalue weighted by molar-refractivity contribution is 5.14. The minimum absolute atomic E-state index is 0.616. The third-order valence-corrected chi connectivity index (χ3v) is 9.89. The minimum atomic E-state index is 0.616. The van der Waals surface area contributed by atoms with Gasteiger partial charge in [0.2, 0.25) is 0 Å². The molecule has 0 aromatic carbocycles. The van der Waals surface area contributed by atoms with Gasteiger partial charge in [0.05, 0.1) is 0 Å². The van der Waals surface area contributed by atoms with Gasteiger partial charge in [-0.15, -0.1) is 0 Å². The van der Waals surface area contributed by atoms with Crippen LogP contribution in [0.4, 0.5) is 0 Å². The van der Waals surface area contributed by atoms with Gasteiger partial charge in [-0.1, -0.05) is 71.6 Å². The van der Waals surface area contributed by atoms with E-state index in [9.17, 15) is 0 Å². The van der Waals surface area contributed by atoms with Crippen molar-refractivity contribution in [2.45, 2.75) is 148 Å². The number of nitrogens with zero attached hydrogens (tertiary/aromatic N) is 2. The summed E-state index contributed by atoms with van der Waals surface area (Å²) >= 11 is 0. The number of hydrogen-bond donors (Lipinski definition) is 0. The van der Waals surface area contributed by atoms with Gasteiger partial charge in [-0.25, -0.2) is 9.97 Å². The van der Waals surface area contributed by atoms with Crippen LogP contribution in [-0.4, -0.2) is 9.97 Å². The van der Waals surface area contributed by atoms with Crippen LogP contribution in [-0.2, 0) is 0 Å². The van der Waals surface area contributed by atoms with Gasteiger partial charge in [-0.2, -0.15) is 0 Å². The highest BCUT2D eigenvalue weighted by Crippen LogP contribution is 2.44. The Morgan fingerprint density at radius 2 is 1.06 bits per heavy atom. The third kappa shape index (κ3) is 7.28. The SMILES string of the molecule is CCCCCC1CCC(C2CCC(c3cnc(C4CCC(CCCC)CC4)nc3)CC2)CC1. The Labute approximate surface area is 205 Å². The lowest BCUT2D eigenvalue weighted by molar-refractivity contribution is 0.155. The van der Waals surface area contributed by atoms with Gasteiger partial charge in [0.15, 0.2) is 0 Å². The maximum absolute atomic E-state index is 4.90. The molecular weight excluding hydrogens is 400 g/mol. The van der Waals surface area contributed by atoms with Crippen LogP contribution in [0.3, 0.4) is 0 Å². The van der Waals surface area contributed by atoms with E-state index in [-0.39, 0.29) is 0 Å². The first-order valence-electron chi connectivity index (χ1n) is 15.1. The van der Waals surface area contributed by atoms with E-state index >= 15 is 0 Å². The van der Waals surface area contributed by atoms with Gasteiger partial charge in [0, 0.05) is 18.3 Å². The molecule has 0 saturated heterocycles. The molecule has 3 fully saturated rings. The highest BCUT2D eigenvalue weighted by atomic mass is 14.9. The molecule has 0 aliphatic heterocycles. The minimum Gasteiger partial charge on any atom is -0.241 e. The Kier molecular flexibility index (Phi) is 10.1. The van der Waals surface area contributed by atoms with Crippen LogP contribution in [0.15, 0.2) is 12.4 Å². The smallest absolute Gasteiger partial charge is 0.131 e. The lowest BCUT2D eigenvalue weighted by atomic mass is 9.68. The standard InChI is InChI=1S/C31H52N2/c1-3-5-7-9-25-10-14-26(15-11-25)27-18-20-28(21-19-27)30-22-32-31(33-23-30)29-16-12-24(13-17-29)8-6-4-2/h22-29H,3-21H2,1-2H3. The first kappa shape index (κ1) is 25.2. The van der Waals surface area contributed by atoms with Crippen molar-refractivity contribution in [2.75, 3.05) is 0 Å². The second kappa shape index (κ2) is 13.2. The molecule has 0 spiro atoms. The summed E-state index contributed by atoms with van der Waals surface area (Å²) < 4.78 is 0. The van der Waals surface area contributed by atoms with Gasteiger partial charge in [0.25, 0.3) is 0 Å². The predicted octanol–water partition coefficient (Wildman–Crippen LogP) is 9.60. The van der Waals surface area contributed by atoms with Gasteiger partial charge >= 0.3 is 0 Å². The molecule has 2 heteroatoms. The van der Waals surface area contributed by atoms with Crippen molar-refractivity contribution >= 4 is 0 Å². The Morgan fingerprint density at radius 1 is 0.576 bits per heavy atom. The fraction of sp³-hybridized carbons (Fsp3) is 0.871. The number of aromatic nitrogens is 2. The second-order valence-corrected chi connectivity index (χ2v) is 12.1. The molecule has 1 aromatic heterocycles. The molecule has 33 heavy (non-hydrogen) atoms. The monoisotopic (exact) mass is 452 g/mol. The molecule has 0 radical (unpaired) electrons. The average molecular weight is 453 g/mol. The number of hydrogen-bond acceptors (Lipinski definition) is 2. The summed E-state index contributed by atoms with van der Waals surface area (Å²) in [5.41, 5.74) is 1.42. The molecule has 3 saturated carbocycles. The second-order valence-electron chi connectivity index (χ2n) is 12.1. The van der Waals surface area contributed by atoms with E-state index in [0.717, 1.165) is 29.5 Å². The van der Waals surface area contributed by atoms with Crippen molar-refractivity contribution in [3.63, 3.8) is 0 Å². The topological polar surface area (TPSA) is 25.8 Å². The summed E-state index contributed by atoms with van der Waals surface area (Å²) in [6.45, 7) is 4.64. The first-order valence-corrected chi connectivity index (χ1v) is 15.1. The Morgan fingerprint density at radius 3 is 1.64 bits per heavy atom. The summed E-state index contributed by atoms with van der Waals surface area (Å²) in [5.74, 6) is 6.51. The van der Waals surface area contributed by atoms with E-state index in [0.29, 0.717) is 11.8 Å². The van der Waals surface area contributed by atoms with Crippen molar-refractivity contribution in [1.29, 1.82) is 0 Å². The molecule has 0 atom stereocenters. The molecule has 0 unspecified atom stereocenters. The maximum Gasteiger partial charge on any atom is 0.131 e. The summed E-state index contributed by atoms with van der Waals surface area (Å²) in [4.78, 5) is 9.80. The summed E-state index contributed by atoms with van der Waals surface area (Å²) in [7, 11) is 0. The van der Waals surface area contributed by atoms with E-state index in [4.69, 9.17) is 9.97 Å². The largest absolute Gasteiger partial charge is 0.241 e. The fourth-order valence-corrected chi connectivity index (χ4v) is 7.53. The van der Waals surface area contributed by atoms with Gasteiger partial charge < -0.3 is 0 Å². The van der Waals surface area contributed by atoms with Gasteiger partial charge in [-0.05, 0) is 99.4 Å². The normalized spacial score (nSPS) is 33.2. The quantitative estimate of drug-likeness (QED) is 0.330. The summed E-state index contributed by atoms with van der Waals surface area (Å²) in [5, 5.41) is 0. The Bertz CT molecular complexity index is 644. The molecule has 3 aliphatic rings. The molecule has 2 nitrogen and oxygen atoms in total. The van der Waals surface area contributed by atoms with Crippen LogP contribution in [0, 0.1) is 23.7 Å². The Hall–Kier alpha value is -0.920. The molecule has 3 aliphatic carbocycles. The van der Waals surface area contributed by atoms with Gasteiger partial charge in [0.1, 0.15) is 5.82 Å². The fourth-order valence-electron chi connectivity index (χ4n) is 7.53. The van der Waals surface area contributed by atoms with E-state index < -0.39 is 0 Å². The van der Waals surface area contributed by atoms with Gasteiger partial charge in [-0.3, -0.25) is 0 Å². The lowest BCUT2D eigenvalue weighted by Gasteiger charge is -2.38. The van der Waals surface area contributed by atoms with Crippen molar-refractivity contribution < 1.29 is 0 Å². The zero-order valence-electron chi connectivity index (χ0n) is 21.9. The van der Waals surface area contributed by atoms with Crippen LogP contribution in [0.2, 0.25) is 0 Å². The van der Waals surface area contributed by atoms with Crippen LogP contribution in [0.5, 0.6) is 0 Å². The molecular formula is C31H52N2. The van der Waals surface area contributed by atoms with Crippen molar-refractivity contribution in [3.8, 4) is 0 Å². The maximum atomic E-state index is 4.90. The van der Waals surface area contributed by atoms with E-state index in [1.165, 1.54) is 128 Å². The van der Waals surface area contributed by atoms with Crippen LogP contribution in [0.25, 0.3) is 0 Å². The van der Waals surface area contributed by atoms with E-state index in [1.54, 1.807) is 0 Å². The van der Waals surface area contributed by atoms with Crippen molar-refractivity contribution in [1.82, 2.24) is 9.97 Å². The highest BCUT2D eigenvalue weighted by Gasteiger charge is 2.31. The Balaban J connectivity index is 1.18. The van der Waals surface area contributed by atoms with Crippen molar-refractivity contribution in [2.24, 2.45) is 23.7 Å². The molecule has 0 N–H and O–H groups in total. The summed E-state index contributed by atoms with van der Waals surface area (Å²) in [6, 6.07) is 0. The van der Waals surface area contributed by atoms with Crippen LogP contribution < -0.4 is 0 Å². The molecule has 4 rings (SSSR count). The molecule has 186 valence electrons. The summed E-state index contributed by atoms with van der Waals surface area (Å²) in [6.07, 6.45) is 31.5. The van der Waals surface area contributed by atoms with E-state index in [2.05, 4.69) is 26.2 Å². The zero-order chi connectivity index (χ0) is 22.9. The number of rotatable bonds is 10. The van der Waals surface area contributed by atoms with Crippen LogP contribution in [0.1, 0.15) is 159 Å². The zero-order valence-corrected chi connectivity index (χ0v) is 21.9. The lowest BCUT2D eigenvalue weighted by Crippen LogP contribution is -2.25. The number of unbranched alkanes of at least 4 members (excludes halogenated alkanes) is 3. The molecule has 0 amide bonds. The third-order valence-electron chi connectivity index (χ3n) is 9.89. The van der Waals surface area contributed by atoms with Crippen LogP contribution >= 0.6 is 0 Å². The molecule has 1 heterocycles. The average Bonchev–Trinajstić information content (AvgIpc) is 2.89. The first-order chi connectivity index (χ1) is 16.3. The van der Waals surface area contributed by atoms with E-state index in [1.807, 2.05) is 0 Å². The predicted molar refractivity (Wildman–Crippen MR) is 141 cm³/mol. The van der Waals surface area contributed by atoms with Crippen molar-refractivity contribution in [3.05, 3.63) is 23.8 Å². The molecule has 1 aromatic rings.